The first-order valence-corrected chi connectivity index (χ1v) is 9.20. The number of unbranched alkanes of at least 4 members (excludes halogenated alkanes) is 1. The standard InChI is InChI=1S/C6H12O6S2.C4H10O2/c1-6-13(7,8)11-4-2-3-5-12-14(6,9)10;5-3-1-2-4-6/h6H,2-5H2,1H3;5-6H,1-4H2. The van der Waals surface area contributed by atoms with Crippen LogP contribution in [0.3, 0.4) is 0 Å². The molecular formula is C10H22O8S2. The Balaban J connectivity index is 0.000000511. The Morgan fingerprint density at radius 1 is 0.900 bits per heavy atom. The first-order valence-electron chi connectivity index (χ1n) is 6.26. The molecule has 0 saturated carbocycles. The first-order chi connectivity index (χ1) is 9.28. The highest BCUT2D eigenvalue weighted by atomic mass is 32.3. The van der Waals surface area contributed by atoms with Gasteiger partial charge in [0.25, 0.3) is 20.2 Å². The number of aliphatic hydroxyl groups excluding tert-OH is 2. The van der Waals surface area contributed by atoms with E-state index in [1.54, 1.807) is 0 Å². The zero-order valence-electron chi connectivity index (χ0n) is 11.4. The van der Waals surface area contributed by atoms with Gasteiger partial charge in [-0.2, -0.15) is 16.8 Å². The molecule has 0 bridgehead atoms. The zero-order valence-corrected chi connectivity index (χ0v) is 13.0. The molecule has 20 heavy (non-hydrogen) atoms. The zero-order chi connectivity index (χ0) is 15.6. The van der Waals surface area contributed by atoms with E-state index in [0.29, 0.717) is 12.8 Å². The summed E-state index contributed by atoms with van der Waals surface area (Å²) in [5, 5.41) is 16.2. The van der Waals surface area contributed by atoms with Crippen LogP contribution in [-0.2, 0) is 28.6 Å². The Morgan fingerprint density at radius 3 is 1.55 bits per heavy atom. The fourth-order valence-electron chi connectivity index (χ4n) is 1.11. The molecule has 0 spiro atoms. The van der Waals surface area contributed by atoms with Gasteiger partial charge in [0.15, 0.2) is 0 Å². The third-order valence-corrected chi connectivity index (χ3v) is 6.44. The number of aliphatic hydroxyl groups is 2. The van der Waals surface area contributed by atoms with Crippen molar-refractivity contribution in [3.8, 4) is 0 Å². The van der Waals surface area contributed by atoms with Gasteiger partial charge < -0.3 is 10.2 Å². The summed E-state index contributed by atoms with van der Waals surface area (Å²) in [7, 11) is -8.13. The average molecular weight is 334 g/mol. The maximum absolute atomic E-state index is 11.2. The van der Waals surface area contributed by atoms with Crippen LogP contribution < -0.4 is 0 Å². The number of rotatable bonds is 3. The molecule has 10 heteroatoms. The van der Waals surface area contributed by atoms with Crippen LogP contribution in [0.25, 0.3) is 0 Å². The van der Waals surface area contributed by atoms with Crippen molar-refractivity contribution in [2.24, 2.45) is 0 Å². The van der Waals surface area contributed by atoms with Gasteiger partial charge >= 0.3 is 0 Å². The summed E-state index contributed by atoms with van der Waals surface area (Å²) in [6.45, 7) is 1.44. The van der Waals surface area contributed by atoms with Gasteiger partial charge in [-0.3, -0.25) is 8.37 Å². The predicted octanol–water partition coefficient (Wildman–Crippen LogP) is -0.430. The Hall–Kier alpha value is -0.260. The van der Waals surface area contributed by atoms with E-state index in [1.807, 2.05) is 0 Å². The van der Waals surface area contributed by atoms with E-state index >= 15 is 0 Å². The summed E-state index contributed by atoms with van der Waals surface area (Å²) in [6, 6.07) is 0. The molecule has 1 saturated heterocycles. The second-order valence-electron chi connectivity index (χ2n) is 4.06. The molecule has 1 heterocycles. The number of hydrogen-bond donors (Lipinski definition) is 2. The van der Waals surface area contributed by atoms with Crippen LogP contribution in [0, 0.1) is 0 Å². The van der Waals surface area contributed by atoms with Crippen molar-refractivity contribution in [1.82, 2.24) is 0 Å². The van der Waals surface area contributed by atoms with Crippen LogP contribution in [-0.4, -0.2) is 58.1 Å². The minimum Gasteiger partial charge on any atom is -0.396 e. The summed E-state index contributed by atoms with van der Waals surface area (Å²) < 4.78 is 52.3. The van der Waals surface area contributed by atoms with E-state index in [9.17, 15) is 16.8 Å². The molecule has 0 unspecified atom stereocenters. The fraction of sp³-hybridized carbons (Fsp3) is 1.00. The SMILES string of the molecule is CC1S(=O)(=O)OCCCCOS1(=O)=O.OCCCCO. The number of hydrogen-bond acceptors (Lipinski definition) is 8. The van der Waals surface area contributed by atoms with Gasteiger partial charge in [0.1, 0.15) is 0 Å². The lowest BCUT2D eigenvalue weighted by Gasteiger charge is -2.10. The Labute approximate surface area is 120 Å². The molecule has 2 N–H and O–H groups in total. The summed E-state index contributed by atoms with van der Waals surface area (Å²) in [5.74, 6) is 0. The van der Waals surface area contributed by atoms with E-state index in [-0.39, 0.29) is 26.4 Å². The van der Waals surface area contributed by atoms with Crippen molar-refractivity contribution in [1.29, 1.82) is 0 Å². The van der Waals surface area contributed by atoms with Gasteiger partial charge in [-0.15, -0.1) is 0 Å². The van der Waals surface area contributed by atoms with Gasteiger partial charge in [-0.25, -0.2) is 0 Å². The van der Waals surface area contributed by atoms with Gasteiger partial charge in [0.2, 0.25) is 4.58 Å². The largest absolute Gasteiger partial charge is 0.396 e. The molecule has 0 radical (unpaired) electrons. The molecule has 1 aliphatic rings. The highest BCUT2D eigenvalue weighted by molar-refractivity contribution is 8.04. The Kier molecular flexibility index (Phi) is 9.51. The van der Waals surface area contributed by atoms with E-state index < -0.39 is 24.8 Å². The third kappa shape index (κ3) is 7.50. The second-order valence-corrected chi connectivity index (χ2v) is 8.21. The topological polar surface area (TPSA) is 127 Å². The highest BCUT2D eigenvalue weighted by Gasteiger charge is 2.36. The smallest absolute Gasteiger partial charge is 0.287 e. The van der Waals surface area contributed by atoms with Crippen LogP contribution >= 0.6 is 0 Å². The van der Waals surface area contributed by atoms with E-state index in [0.717, 1.165) is 19.8 Å². The first kappa shape index (κ1) is 19.7. The monoisotopic (exact) mass is 334 g/mol. The van der Waals surface area contributed by atoms with Crippen molar-refractivity contribution in [3.05, 3.63) is 0 Å². The summed E-state index contributed by atoms with van der Waals surface area (Å²) >= 11 is 0. The van der Waals surface area contributed by atoms with Crippen molar-refractivity contribution < 1.29 is 35.4 Å². The maximum atomic E-state index is 11.2. The molecule has 122 valence electrons. The molecular weight excluding hydrogens is 312 g/mol. The second kappa shape index (κ2) is 9.64. The minimum absolute atomic E-state index is 0.00551. The molecule has 0 amide bonds. The Morgan fingerprint density at radius 2 is 1.25 bits per heavy atom. The fourth-order valence-corrected chi connectivity index (χ4v) is 3.69. The molecule has 0 atom stereocenters. The van der Waals surface area contributed by atoms with Crippen molar-refractivity contribution >= 4 is 20.2 Å². The maximum Gasteiger partial charge on any atom is 0.287 e. The summed E-state index contributed by atoms with van der Waals surface area (Å²) in [5.41, 5.74) is 0. The van der Waals surface area contributed by atoms with E-state index in [1.165, 1.54) is 0 Å². The lowest BCUT2D eigenvalue weighted by molar-refractivity contribution is 0.242. The Bertz CT molecular complexity index is 400. The third-order valence-electron chi connectivity index (χ3n) is 2.41. The van der Waals surface area contributed by atoms with Gasteiger partial charge in [-0.05, 0) is 32.6 Å². The normalized spacial score (nSPS) is 22.8. The molecule has 0 aromatic heterocycles. The minimum atomic E-state index is -4.07. The quantitative estimate of drug-likeness (QED) is 0.526. The predicted molar refractivity (Wildman–Crippen MR) is 71.8 cm³/mol. The molecule has 8 nitrogen and oxygen atoms in total. The summed E-state index contributed by atoms with van der Waals surface area (Å²) in [6.07, 6.45) is 2.36. The molecule has 1 fully saturated rings. The molecule has 1 rings (SSSR count). The van der Waals surface area contributed by atoms with Crippen LogP contribution in [0.4, 0.5) is 0 Å². The van der Waals surface area contributed by atoms with Crippen molar-refractivity contribution in [2.45, 2.75) is 37.2 Å². The molecule has 1 aliphatic heterocycles. The molecule has 0 aromatic rings. The van der Waals surface area contributed by atoms with Gasteiger partial charge in [0.05, 0.1) is 13.2 Å². The van der Waals surface area contributed by atoms with E-state index in [4.69, 9.17) is 10.2 Å². The molecule has 0 aliphatic carbocycles. The van der Waals surface area contributed by atoms with Crippen molar-refractivity contribution in [2.75, 3.05) is 26.4 Å². The van der Waals surface area contributed by atoms with Crippen LogP contribution in [0.1, 0.15) is 32.6 Å². The van der Waals surface area contributed by atoms with Crippen LogP contribution in [0.2, 0.25) is 0 Å². The highest BCUT2D eigenvalue weighted by Crippen LogP contribution is 2.16. The average Bonchev–Trinajstić information content (AvgIpc) is 2.43. The van der Waals surface area contributed by atoms with Crippen molar-refractivity contribution in [3.63, 3.8) is 0 Å². The lowest BCUT2D eigenvalue weighted by atomic mass is 10.3. The summed E-state index contributed by atoms with van der Waals surface area (Å²) in [4.78, 5) is 0. The molecule has 0 aromatic carbocycles. The van der Waals surface area contributed by atoms with E-state index in [2.05, 4.69) is 8.37 Å². The van der Waals surface area contributed by atoms with Crippen LogP contribution in [0.5, 0.6) is 0 Å². The lowest BCUT2D eigenvalue weighted by Crippen LogP contribution is -2.30. The van der Waals surface area contributed by atoms with Gasteiger partial charge in [-0.1, -0.05) is 0 Å². The van der Waals surface area contributed by atoms with Gasteiger partial charge in [0, 0.05) is 13.2 Å². The van der Waals surface area contributed by atoms with Crippen LogP contribution in [0.15, 0.2) is 0 Å².